The Morgan fingerprint density at radius 1 is 1.16 bits per heavy atom. The second kappa shape index (κ2) is 6.71. The Labute approximate surface area is 121 Å². The van der Waals surface area contributed by atoms with Crippen molar-refractivity contribution in [2.45, 2.75) is 58.5 Å². The SMILES string of the molecule is Cc1nc(CSC(C)(C)C)nc(C)c1CC(C)CN. The number of nitrogens with two attached hydrogens (primary N) is 1. The maximum atomic E-state index is 5.70. The van der Waals surface area contributed by atoms with E-state index in [2.05, 4.69) is 51.5 Å². The van der Waals surface area contributed by atoms with E-state index in [1.807, 2.05) is 11.8 Å². The molecule has 1 rings (SSSR count). The third-order valence-electron chi connectivity index (χ3n) is 3.06. The Morgan fingerprint density at radius 2 is 1.68 bits per heavy atom. The van der Waals surface area contributed by atoms with Crippen molar-refractivity contribution in [2.75, 3.05) is 6.54 Å². The molecule has 0 amide bonds. The van der Waals surface area contributed by atoms with Crippen LogP contribution in [0.4, 0.5) is 0 Å². The van der Waals surface area contributed by atoms with Crippen molar-refractivity contribution in [1.82, 2.24) is 9.97 Å². The van der Waals surface area contributed by atoms with Gasteiger partial charge in [-0.05, 0) is 38.3 Å². The molecule has 0 saturated heterocycles. The Bertz CT molecular complexity index is 401. The highest BCUT2D eigenvalue weighted by Gasteiger charge is 2.14. The molecule has 0 spiro atoms. The Morgan fingerprint density at radius 3 is 2.11 bits per heavy atom. The lowest BCUT2D eigenvalue weighted by Crippen LogP contribution is -2.16. The minimum Gasteiger partial charge on any atom is -0.330 e. The fraction of sp³-hybridized carbons (Fsp3) is 0.733. The molecule has 19 heavy (non-hydrogen) atoms. The molecule has 1 aromatic heterocycles. The van der Waals surface area contributed by atoms with Gasteiger partial charge in [0.2, 0.25) is 0 Å². The van der Waals surface area contributed by atoms with Crippen LogP contribution in [0, 0.1) is 19.8 Å². The van der Waals surface area contributed by atoms with Crippen molar-refractivity contribution in [3.63, 3.8) is 0 Å². The zero-order chi connectivity index (χ0) is 14.6. The molecule has 0 fully saturated rings. The van der Waals surface area contributed by atoms with Crippen LogP contribution in [0.1, 0.15) is 50.5 Å². The van der Waals surface area contributed by atoms with Crippen molar-refractivity contribution < 1.29 is 0 Å². The predicted octanol–water partition coefficient (Wildman–Crippen LogP) is 3.26. The molecule has 1 heterocycles. The molecule has 0 radical (unpaired) electrons. The number of nitrogens with zero attached hydrogens (tertiary/aromatic N) is 2. The molecule has 0 bridgehead atoms. The zero-order valence-electron chi connectivity index (χ0n) is 13.1. The van der Waals surface area contributed by atoms with Gasteiger partial charge < -0.3 is 5.73 Å². The summed E-state index contributed by atoms with van der Waals surface area (Å²) in [5, 5.41) is 0. The third-order valence-corrected chi connectivity index (χ3v) is 4.32. The van der Waals surface area contributed by atoms with E-state index in [0.29, 0.717) is 12.5 Å². The van der Waals surface area contributed by atoms with Gasteiger partial charge in [-0.25, -0.2) is 9.97 Å². The average molecular weight is 281 g/mol. The first-order valence-corrected chi connectivity index (χ1v) is 7.88. The fourth-order valence-electron chi connectivity index (χ4n) is 1.88. The van der Waals surface area contributed by atoms with E-state index in [0.717, 1.165) is 29.4 Å². The molecule has 0 aliphatic heterocycles. The number of rotatable bonds is 5. The van der Waals surface area contributed by atoms with Crippen LogP contribution in [0.2, 0.25) is 0 Å². The second-order valence-electron chi connectivity index (χ2n) is 6.24. The smallest absolute Gasteiger partial charge is 0.138 e. The van der Waals surface area contributed by atoms with Gasteiger partial charge in [-0.2, -0.15) is 0 Å². The van der Waals surface area contributed by atoms with Gasteiger partial charge in [0, 0.05) is 16.1 Å². The van der Waals surface area contributed by atoms with E-state index in [9.17, 15) is 0 Å². The minimum atomic E-state index is 0.248. The predicted molar refractivity (Wildman–Crippen MR) is 84.5 cm³/mol. The van der Waals surface area contributed by atoms with Crippen molar-refractivity contribution in [3.8, 4) is 0 Å². The van der Waals surface area contributed by atoms with Gasteiger partial charge in [0.15, 0.2) is 0 Å². The number of aromatic nitrogens is 2. The summed E-state index contributed by atoms with van der Waals surface area (Å²) in [5.41, 5.74) is 9.18. The van der Waals surface area contributed by atoms with Crippen LogP contribution in [0.5, 0.6) is 0 Å². The molecular weight excluding hydrogens is 254 g/mol. The maximum absolute atomic E-state index is 5.70. The lowest BCUT2D eigenvalue weighted by Gasteiger charge is -2.18. The zero-order valence-corrected chi connectivity index (χ0v) is 13.9. The molecule has 0 aliphatic rings. The first-order valence-electron chi connectivity index (χ1n) is 6.90. The summed E-state index contributed by atoms with van der Waals surface area (Å²) in [7, 11) is 0. The summed E-state index contributed by atoms with van der Waals surface area (Å²) >= 11 is 1.88. The number of hydrogen-bond acceptors (Lipinski definition) is 4. The minimum absolute atomic E-state index is 0.248. The largest absolute Gasteiger partial charge is 0.330 e. The molecular formula is C15H27N3S. The van der Waals surface area contributed by atoms with Gasteiger partial charge in [0.1, 0.15) is 5.82 Å². The number of aryl methyl sites for hydroxylation is 2. The van der Waals surface area contributed by atoms with Crippen LogP contribution in [-0.4, -0.2) is 21.3 Å². The monoisotopic (exact) mass is 281 g/mol. The Balaban J connectivity index is 2.84. The van der Waals surface area contributed by atoms with Gasteiger partial charge in [0.25, 0.3) is 0 Å². The molecule has 108 valence electrons. The van der Waals surface area contributed by atoms with E-state index in [-0.39, 0.29) is 4.75 Å². The van der Waals surface area contributed by atoms with E-state index in [1.165, 1.54) is 5.56 Å². The van der Waals surface area contributed by atoms with Gasteiger partial charge in [-0.15, -0.1) is 11.8 Å². The standard InChI is InChI=1S/C15H27N3S/c1-10(8-16)7-13-11(2)17-14(18-12(13)3)9-19-15(4,5)6/h10H,7-9,16H2,1-6H3. The van der Waals surface area contributed by atoms with Crippen LogP contribution in [0.25, 0.3) is 0 Å². The Kier molecular flexibility index (Phi) is 5.81. The van der Waals surface area contributed by atoms with E-state index < -0.39 is 0 Å². The van der Waals surface area contributed by atoms with Gasteiger partial charge in [-0.3, -0.25) is 0 Å². The second-order valence-corrected chi connectivity index (χ2v) is 8.04. The molecule has 3 nitrogen and oxygen atoms in total. The van der Waals surface area contributed by atoms with Crippen LogP contribution in [0.3, 0.4) is 0 Å². The van der Waals surface area contributed by atoms with Gasteiger partial charge in [0.05, 0.1) is 5.75 Å². The van der Waals surface area contributed by atoms with Gasteiger partial charge >= 0.3 is 0 Å². The summed E-state index contributed by atoms with van der Waals surface area (Å²) < 4.78 is 0.248. The summed E-state index contributed by atoms with van der Waals surface area (Å²) in [6, 6.07) is 0. The molecule has 0 aliphatic carbocycles. The average Bonchev–Trinajstić information content (AvgIpc) is 2.30. The van der Waals surface area contributed by atoms with Crippen molar-refractivity contribution in [1.29, 1.82) is 0 Å². The quantitative estimate of drug-likeness (QED) is 0.900. The van der Waals surface area contributed by atoms with Gasteiger partial charge in [-0.1, -0.05) is 27.7 Å². The van der Waals surface area contributed by atoms with E-state index in [1.54, 1.807) is 0 Å². The molecule has 0 saturated carbocycles. The summed E-state index contributed by atoms with van der Waals surface area (Å²) in [4.78, 5) is 9.30. The first-order chi connectivity index (χ1) is 8.73. The molecule has 2 N–H and O–H groups in total. The van der Waals surface area contributed by atoms with Crippen LogP contribution in [0.15, 0.2) is 0 Å². The van der Waals surface area contributed by atoms with E-state index in [4.69, 9.17) is 5.73 Å². The molecule has 0 aromatic carbocycles. The fourth-order valence-corrected chi connectivity index (χ4v) is 2.57. The topological polar surface area (TPSA) is 51.8 Å². The molecule has 1 aromatic rings. The Hall–Kier alpha value is -0.610. The highest BCUT2D eigenvalue weighted by atomic mass is 32.2. The van der Waals surface area contributed by atoms with Crippen molar-refractivity contribution in [2.24, 2.45) is 11.7 Å². The molecule has 1 atom stereocenters. The lowest BCUT2D eigenvalue weighted by molar-refractivity contribution is 0.585. The molecule has 4 heteroatoms. The third kappa shape index (κ3) is 5.49. The maximum Gasteiger partial charge on any atom is 0.138 e. The highest BCUT2D eigenvalue weighted by molar-refractivity contribution is 7.99. The van der Waals surface area contributed by atoms with Crippen LogP contribution in [-0.2, 0) is 12.2 Å². The molecule has 1 unspecified atom stereocenters. The summed E-state index contributed by atoms with van der Waals surface area (Å²) in [5.74, 6) is 2.30. The summed E-state index contributed by atoms with van der Waals surface area (Å²) in [6.45, 7) is 13.7. The highest BCUT2D eigenvalue weighted by Crippen LogP contribution is 2.26. The first kappa shape index (κ1) is 16.4. The van der Waals surface area contributed by atoms with Crippen LogP contribution < -0.4 is 5.73 Å². The lowest BCUT2D eigenvalue weighted by atomic mass is 9.99. The number of hydrogen-bond donors (Lipinski definition) is 1. The van der Waals surface area contributed by atoms with Crippen LogP contribution >= 0.6 is 11.8 Å². The van der Waals surface area contributed by atoms with Crippen molar-refractivity contribution in [3.05, 3.63) is 22.8 Å². The van der Waals surface area contributed by atoms with Crippen molar-refractivity contribution >= 4 is 11.8 Å². The van der Waals surface area contributed by atoms with E-state index >= 15 is 0 Å². The normalized spacial score (nSPS) is 13.6. The number of thioether (sulfide) groups is 1. The summed E-state index contributed by atoms with van der Waals surface area (Å²) in [6.07, 6.45) is 0.973.